The Morgan fingerprint density at radius 3 is 0.644 bits per heavy atom. The molecule has 0 atom stereocenters. The van der Waals surface area contributed by atoms with Gasteiger partial charge >= 0.3 is 289 Å². The van der Waals surface area contributed by atoms with Crippen molar-refractivity contribution in [2.45, 2.75) is 226 Å². The molecule has 0 heterocycles. The molecule has 6 aliphatic rings. The quantitative estimate of drug-likeness (QED) is 0.187. The summed E-state index contributed by atoms with van der Waals surface area (Å²) >= 11 is -4.46. The van der Waals surface area contributed by atoms with Crippen molar-refractivity contribution in [3.63, 3.8) is 0 Å². The van der Waals surface area contributed by atoms with Crippen LogP contribution >= 0.6 is 0 Å². The molecule has 0 spiro atoms. The first-order chi connectivity index (χ1) is 22.2. The Bertz CT molecular complexity index is 693. The van der Waals surface area contributed by atoms with E-state index in [1.165, 1.54) is 193 Å². The minimum absolute atomic E-state index is 0.789. The van der Waals surface area contributed by atoms with Gasteiger partial charge in [-0.3, -0.25) is 0 Å². The molecule has 7 heteroatoms. The molecule has 6 aliphatic carbocycles. The van der Waals surface area contributed by atoms with E-state index in [1.807, 2.05) is 14.2 Å². The molecule has 6 saturated carbocycles. The number of rotatable bonds is 12. The third-order valence-corrected chi connectivity index (χ3v) is 38.3. The molecule has 6 fully saturated rings. The van der Waals surface area contributed by atoms with Crippen LogP contribution in [0.15, 0.2) is 0 Å². The molecule has 45 heavy (non-hydrogen) atoms. The van der Waals surface area contributed by atoms with E-state index >= 15 is 0 Å². The van der Waals surface area contributed by atoms with E-state index in [0.29, 0.717) is 0 Å². The van der Waals surface area contributed by atoms with Crippen molar-refractivity contribution in [2.75, 3.05) is 14.2 Å². The van der Waals surface area contributed by atoms with E-state index in [1.54, 1.807) is 0 Å². The van der Waals surface area contributed by atoms with Crippen LogP contribution in [0.4, 0.5) is 0 Å². The van der Waals surface area contributed by atoms with Gasteiger partial charge in [0, 0.05) is 0 Å². The van der Waals surface area contributed by atoms with Crippen LogP contribution in [0.2, 0.25) is 33.2 Å². The monoisotopic (exact) mass is 738 g/mol. The van der Waals surface area contributed by atoms with Crippen molar-refractivity contribution in [1.82, 2.24) is 0 Å². The summed E-state index contributed by atoms with van der Waals surface area (Å²) in [5.74, 6) is 0. The summed E-state index contributed by atoms with van der Waals surface area (Å²) in [7, 11) is -0.578. The molecular formula is C38H72O4Si2Zr. The van der Waals surface area contributed by atoms with Crippen LogP contribution in [-0.4, -0.2) is 30.9 Å². The van der Waals surface area contributed by atoms with Gasteiger partial charge in [0.05, 0.1) is 0 Å². The second-order valence-electron chi connectivity index (χ2n) is 16.8. The molecule has 0 aromatic heterocycles. The summed E-state index contributed by atoms with van der Waals surface area (Å²) in [6.45, 7) is 0. The maximum absolute atomic E-state index is 8.39. The zero-order valence-electron chi connectivity index (χ0n) is 29.8. The molecular weight excluding hydrogens is 668 g/mol. The van der Waals surface area contributed by atoms with Crippen LogP contribution in [0.5, 0.6) is 0 Å². The fraction of sp³-hybridized carbons (Fsp3) is 1.00. The van der Waals surface area contributed by atoms with E-state index in [4.69, 9.17) is 10.6 Å². The molecule has 0 radical (unpaired) electrons. The summed E-state index contributed by atoms with van der Waals surface area (Å²) < 4.78 is 30.7. The van der Waals surface area contributed by atoms with Crippen molar-refractivity contribution in [3.05, 3.63) is 0 Å². The van der Waals surface area contributed by atoms with Gasteiger partial charge in [-0.05, 0) is 0 Å². The van der Waals surface area contributed by atoms with Gasteiger partial charge < -0.3 is 0 Å². The van der Waals surface area contributed by atoms with Crippen LogP contribution in [0.3, 0.4) is 0 Å². The zero-order valence-corrected chi connectivity index (χ0v) is 34.3. The fourth-order valence-electron chi connectivity index (χ4n) is 12.5. The van der Waals surface area contributed by atoms with Crippen molar-refractivity contribution in [3.8, 4) is 0 Å². The second-order valence-corrected chi connectivity index (χ2v) is 33.0. The van der Waals surface area contributed by atoms with E-state index in [0.717, 1.165) is 33.2 Å². The Labute approximate surface area is 287 Å². The standard InChI is InChI=1S/2C18H33OSi.2CH3O.Zr/c2*19-20(16-10-4-1-5-11-16,17-12-6-2-7-13-17)18-14-8-3-9-15-18;2*1-2;/h2*16-18H,1-15H2;2*1H3;/q4*-1;+4. The van der Waals surface area contributed by atoms with Crippen molar-refractivity contribution >= 4 is 16.6 Å². The molecule has 0 aromatic carbocycles. The predicted octanol–water partition coefficient (Wildman–Crippen LogP) is 13.0. The van der Waals surface area contributed by atoms with Crippen molar-refractivity contribution in [1.29, 1.82) is 0 Å². The Balaban J connectivity index is 1.45. The predicted molar refractivity (Wildman–Crippen MR) is 189 cm³/mol. The number of hydrogen-bond donors (Lipinski definition) is 0. The molecule has 0 unspecified atom stereocenters. The third-order valence-electron chi connectivity index (χ3n) is 14.6. The van der Waals surface area contributed by atoms with Crippen LogP contribution in [-0.2, 0) is 32.7 Å². The first kappa shape index (κ1) is 36.0. The Morgan fingerprint density at radius 2 is 0.489 bits per heavy atom. The molecule has 0 aliphatic heterocycles. The summed E-state index contributed by atoms with van der Waals surface area (Å²) in [5.41, 5.74) is 4.74. The molecule has 0 N–H and O–H groups in total. The van der Waals surface area contributed by atoms with Gasteiger partial charge in [-0.15, -0.1) is 0 Å². The molecule has 6 rings (SSSR count). The van der Waals surface area contributed by atoms with Crippen molar-refractivity contribution in [2.24, 2.45) is 0 Å². The van der Waals surface area contributed by atoms with Gasteiger partial charge in [-0.1, -0.05) is 0 Å². The summed E-state index contributed by atoms with van der Waals surface area (Å²) in [6, 6.07) is 0. The Kier molecular flexibility index (Phi) is 13.9. The van der Waals surface area contributed by atoms with E-state index < -0.39 is 38.7 Å². The van der Waals surface area contributed by atoms with Crippen LogP contribution in [0.25, 0.3) is 0 Å². The molecule has 4 nitrogen and oxygen atoms in total. The summed E-state index contributed by atoms with van der Waals surface area (Å²) in [4.78, 5) is 0. The molecule has 0 saturated heterocycles. The van der Waals surface area contributed by atoms with Crippen LogP contribution in [0.1, 0.15) is 193 Å². The topological polar surface area (TPSA) is 36.9 Å². The van der Waals surface area contributed by atoms with E-state index in [2.05, 4.69) is 0 Å². The van der Waals surface area contributed by atoms with Gasteiger partial charge in [0.25, 0.3) is 0 Å². The van der Waals surface area contributed by atoms with Gasteiger partial charge in [0.1, 0.15) is 0 Å². The second kappa shape index (κ2) is 17.4. The van der Waals surface area contributed by atoms with Crippen molar-refractivity contribution < 1.29 is 32.7 Å². The Morgan fingerprint density at radius 1 is 0.311 bits per heavy atom. The maximum atomic E-state index is 8.39. The van der Waals surface area contributed by atoms with E-state index in [9.17, 15) is 0 Å². The normalized spacial score (nSPS) is 27.6. The first-order valence-corrected chi connectivity index (χ1v) is 29.0. The summed E-state index contributed by atoms with van der Waals surface area (Å²) in [5, 5.41) is 0. The fourth-order valence-corrected chi connectivity index (χ4v) is 44.3. The Hall–Kier alpha value is 1.16. The average molecular weight is 740 g/mol. The van der Waals surface area contributed by atoms with Gasteiger partial charge in [0.2, 0.25) is 0 Å². The van der Waals surface area contributed by atoms with E-state index in [-0.39, 0.29) is 0 Å². The number of hydrogen-bond acceptors (Lipinski definition) is 4. The third kappa shape index (κ3) is 7.90. The molecule has 0 amide bonds. The summed E-state index contributed by atoms with van der Waals surface area (Å²) in [6.07, 6.45) is 42.4. The molecule has 0 bridgehead atoms. The SMILES string of the molecule is C[O][Zr]([O]C)([O][Si](C1CCCCC1)(C1CCCCC1)C1CCCCC1)[O][Si](C1CCCCC1)(C1CCCCC1)C1CCCCC1. The average Bonchev–Trinajstić information content (AvgIpc) is 3.14. The molecule has 0 aromatic rings. The minimum atomic E-state index is -4.46. The zero-order chi connectivity index (χ0) is 31.0. The molecule has 260 valence electrons. The van der Waals surface area contributed by atoms with Gasteiger partial charge in [-0.25, -0.2) is 0 Å². The van der Waals surface area contributed by atoms with Crippen LogP contribution in [0, 0.1) is 0 Å². The van der Waals surface area contributed by atoms with Gasteiger partial charge in [-0.2, -0.15) is 0 Å². The van der Waals surface area contributed by atoms with Gasteiger partial charge in [0.15, 0.2) is 0 Å². The first-order valence-electron chi connectivity index (χ1n) is 20.7. The van der Waals surface area contributed by atoms with Crippen LogP contribution < -0.4 is 0 Å².